The summed E-state index contributed by atoms with van der Waals surface area (Å²) in [5.74, 6) is -0.0234. The molecule has 82 valence electrons. The van der Waals surface area contributed by atoms with Crippen LogP contribution in [0.3, 0.4) is 0 Å². The Morgan fingerprint density at radius 3 is 2.20 bits per heavy atom. The van der Waals surface area contributed by atoms with Crippen molar-refractivity contribution in [2.45, 2.75) is 57.4 Å². The Kier molecular flexibility index (Phi) is 2.46. The number of hydrogen-bond acceptors (Lipinski definition) is 2. The SMILES string of the molecule is CC1(NC(=O)C2(C#N)CCCC2)CCC1. The van der Waals surface area contributed by atoms with Gasteiger partial charge in [-0.15, -0.1) is 0 Å². The first-order chi connectivity index (χ1) is 7.10. The van der Waals surface area contributed by atoms with Gasteiger partial charge in [0.25, 0.3) is 0 Å². The summed E-state index contributed by atoms with van der Waals surface area (Å²) in [5.41, 5.74) is -0.734. The molecule has 0 heterocycles. The van der Waals surface area contributed by atoms with Crippen LogP contribution in [-0.4, -0.2) is 11.4 Å². The highest BCUT2D eigenvalue weighted by atomic mass is 16.2. The summed E-state index contributed by atoms with van der Waals surface area (Å²) in [6.07, 6.45) is 6.81. The van der Waals surface area contributed by atoms with E-state index < -0.39 is 5.41 Å². The van der Waals surface area contributed by atoms with Crippen LogP contribution in [0.1, 0.15) is 51.9 Å². The normalized spacial score (nSPS) is 26.4. The molecule has 0 aromatic heterocycles. The van der Waals surface area contributed by atoms with Crippen LogP contribution in [-0.2, 0) is 4.79 Å². The fourth-order valence-corrected chi connectivity index (χ4v) is 2.59. The van der Waals surface area contributed by atoms with Gasteiger partial charge in [-0.1, -0.05) is 12.8 Å². The monoisotopic (exact) mass is 206 g/mol. The smallest absolute Gasteiger partial charge is 0.240 e. The van der Waals surface area contributed by atoms with E-state index >= 15 is 0 Å². The summed E-state index contributed by atoms with van der Waals surface area (Å²) in [5, 5.41) is 12.2. The molecule has 2 saturated carbocycles. The van der Waals surface area contributed by atoms with Crippen molar-refractivity contribution in [1.29, 1.82) is 5.26 Å². The molecule has 0 aromatic rings. The molecule has 0 saturated heterocycles. The van der Waals surface area contributed by atoms with Crippen molar-refractivity contribution in [3.05, 3.63) is 0 Å². The average molecular weight is 206 g/mol. The van der Waals surface area contributed by atoms with Gasteiger partial charge in [-0.25, -0.2) is 0 Å². The van der Waals surface area contributed by atoms with Gasteiger partial charge < -0.3 is 5.32 Å². The van der Waals surface area contributed by atoms with Crippen LogP contribution in [0, 0.1) is 16.7 Å². The first-order valence-electron chi connectivity index (χ1n) is 5.84. The molecule has 3 heteroatoms. The Hall–Kier alpha value is -1.04. The van der Waals surface area contributed by atoms with Crippen molar-refractivity contribution in [2.75, 3.05) is 0 Å². The molecule has 0 radical (unpaired) electrons. The third kappa shape index (κ3) is 1.73. The van der Waals surface area contributed by atoms with Crippen molar-refractivity contribution in [3.63, 3.8) is 0 Å². The predicted molar refractivity (Wildman–Crippen MR) is 56.9 cm³/mol. The van der Waals surface area contributed by atoms with Gasteiger partial charge in [0.15, 0.2) is 0 Å². The van der Waals surface area contributed by atoms with Crippen molar-refractivity contribution in [1.82, 2.24) is 5.32 Å². The number of hydrogen-bond donors (Lipinski definition) is 1. The molecule has 1 amide bonds. The highest BCUT2D eigenvalue weighted by Gasteiger charge is 2.45. The Morgan fingerprint density at radius 1 is 1.20 bits per heavy atom. The lowest BCUT2D eigenvalue weighted by Crippen LogP contribution is -2.54. The maximum atomic E-state index is 12.1. The van der Waals surface area contributed by atoms with E-state index in [1.165, 1.54) is 6.42 Å². The minimum absolute atomic E-state index is 0.0234. The van der Waals surface area contributed by atoms with E-state index in [1.54, 1.807) is 0 Å². The van der Waals surface area contributed by atoms with Gasteiger partial charge in [-0.3, -0.25) is 4.79 Å². The number of nitrogens with zero attached hydrogens (tertiary/aromatic N) is 1. The molecule has 1 N–H and O–H groups in total. The van der Waals surface area contributed by atoms with Crippen LogP contribution in [0.15, 0.2) is 0 Å². The van der Waals surface area contributed by atoms with E-state index in [1.807, 2.05) is 0 Å². The van der Waals surface area contributed by atoms with Crippen molar-refractivity contribution in [3.8, 4) is 6.07 Å². The van der Waals surface area contributed by atoms with Crippen LogP contribution in [0.2, 0.25) is 0 Å². The fraction of sp³-hybridized carbons (Fsp3) is 0.833. The molecule has 2 rings (SSSR count). The maximum absolute atomic E-state index is 12.1. The number of rotatable bonds is 2. The molecule has 15 heavy (non-hydrogen) atoms. The molecule has 0 spiro atoms. The first-order valence-corrected chi connectivity index (χ1v) is 5.84. The quantitative estimate of drug-likeness (QED) is 0.752. The Bertz CT molecular complexity index is 306. The average Bonchev–Trinajstić information content (AvgIpc) is 2.64. The van der Waals surface area contributed by atoms with E-state index in [9.17, 15) is 4.79 Å². The van der Waals surface area contributed by atoms with Crippen molar-refractivity contribution >= 4 is 5.91 Å². The molecule has 0 bridgehead atoms. The lowest BCUT2D eigenvalue weighted by atomic mass is 9.77. The van der Waals surface area contributed by atoms with E-state index in [0.717, 1.165) is 38.5 Å². The zero-order chi connectivity index (χ0) is 10.9. The van der Waals surface area contributed by atoms with Gasteiger partial charge >= 0.3 is 0 Å². The molecule has 0 aliphatic heterocycles. The third-order valence-electron chi connectivity index (χ3n) is 3.98. The maximum Gasteiger partial charge on any atom is 0.240 e. The highest BCUT2D eigenvalue weighted by Crippen LogP contribution is 2.39. The fourth-order valence-electron chi connectivity index (χ4n) is 2.59. The summed E-state index contributed by atoms with van der Waals surface area (Å²) < 4.78 is 0. The minimum atomic E-state index is -0.710. The first kappa shape index (κ1) is 10.5. The summed E-state index contributed by atoms with van der Waals surface area (Å²) in [6, 6.07) is 2.24. The molecule has 0 atom stereocenters. The Balaban J connectivity index is 2.03. The standard InChI is InChI=1S/C12H18N2O/c1-11(5-4-6-11)14-10(15)12(9-13)7-2-3-8-12/h2-8H2,1H3,(H,14,15). The zero-order valence-electron chi connectivity index (χ0n) is 9.31. The second-order valence-corrected chi connectivity index (χ2v) is 5.27. The lowest BCUT2D eigenvalue weighted by Gasteiger charge is -2.40. The second kappa shape index (κ2) is 3.52. The van der Waals surface area contributed by atoms with Crippen LogP contribution in [0.25, 0.3) is 0 Å². The second-order valence-electron chi connectivity index (χ2n) is 5.27. The number of nitriles is 1. The van der Waals surface area contributed by atoms with E-state index in [4.69, 9.17) is 5.26 Å². The van der Waals surface area contributed by atoms with E-state index in [0.29, 0.717) is 0 Å². The Morgan fingerprint density at radius 2 is 1.80 bits per heavy atom. The topological polar surface area (TPSA) is 52.9 Å². The van der Waals surface area contributed by atoms with Gasteiger partial charge in [0.1, 0.15) is 5.41 Å². The number of carbonyl (C=O) groups is 1. The molecule has 0 unspecified atom stereocenters. The van der Waals surface area contributed by atoms with Crippen LogP contribution in [0.5, 0.6) is 0 Å². The predicted octanol–water partition coefficient (Wildman–Crippen LogP) is 2.13. The molecule has 2 fully saturated rings. The third-order valence-corrected chi connectivity index (χ3v) is 3.98. The minimum Gasteiger partial charge on any atom is -0.350 e. The van der Waals surface area contributed by atoms with Gasteiger partial charge in [-0.05, 0) is 39.0 Å². The van der Waals surface area contributed by atoms with E-state index in [2.05, 4.69) is 18.3 Å². The van der Waals surface area contributed by atoms with E-state index in [-0.39, 0.29) is 11.4 Å². The largest absolute Gasteiger partial charge is 0.350 e. The molecule has 3 nitrogen and oxygen atoms in total. The summed E-state index contributed by atoms with van der Waals surface area (Å²) >= 11 is 0. The number of carbonyl (C=O) groups excluding carboxylic acids is 1. The number of amides is 1. The van der Waals surface area contributed by atoms with Gasteiger partial charge in [0.05, 0.1) is 6.07 Å². The van der Waals surface area contributed by atoms with Crippen LogP contribution >= 0.6 is 0 Å². The van der Waals surface area contributed by atoms with Crippen molar-refractivity contribution < 1.29 is 4.79 Å². The highest BCUT2D eigenvalue weighted by molar-refractivity contribution is 5.86. The van der Waals surface area contributed by atoms with Gasteiger partial charge in [-0.2, -0.15) is 5.26 Å². The summed E-state index contributed by atoms with van der Waals surface area (Å²) in [7, 11) is 0. The molecule has 2 aliphatic rings. The number of nitrogens with one attached hydrogen (secondary N) is 1. The lowest BCUT2D eigenvalue weighted by molar-refractivity contribution is -0.130. The summed E-state index contributed by atoms with van der Waals surface area (Å²) in [4.78, 5) is 12.1. The van der Waals surface area contributed by atoms with Crippen molar-refractivity contribution in [2.24, 2.45) is 5.41 Å². The molecule has 0 aromatic carbocycles. The van der Waals surface area contributed by atoms with Gasteiger partial charge in [0, 0.05) is 5.54 Å². The van der Waals surface area contributed by atoms with Gasteiger partial charge in [0.2, 0.25) is 5.91 Å². The van der Waals surface area contributed by atoms with Crippen LogP contribution in [0.4, 0.5) is 0 Å². The molecular formula is C12H18N2O. The summed E-state index contributed by atoms with van der Waals surface area (Å²) in [6.45, 7) is 2.08. The Labute approximate surface area is 90.8 Å². The van der Waals surface area contributed by atoms with Crippen LogP contribution < -0.4 is 5.32 Å². The molecular weight excluding hydrogens is 188 g/mol. The molecule has 2 aliphatic carbocycles. The zero-order valence-corrected chi connectivity index (χ0v) is 9.31.